The van der Waals surface area contributed by atoms with Crippen molar-refractivity contribution >= 4 is 5.97 Å². The van der Waals surface area contributed by atoms with Crippen molar-refractivity contribution in [1.82, 2.24) is 4.98 Å². The van der Waals surface area contributed by atoms with Crippen molar-refractivity contribution in [2.75, 3.05) is 0 Å². The van der Waals surface area contributed by atoms with Crippen LogP contribution in [0.15, 0.2) is 36.5 Å². The third-order valence-electron chi connectivity index (χ3n) is 3.61. The fourth-order valence-electron chi connectivity index (χ4n) is 2.18. The summed E-state index contributed by atoms with van der Waals surface area (Å²) in [5.41, 5.74) is 1.80. The van der Waals surface area contributed by atoms with E-state index in [9.17, 15) is 9.90 Å². The molecule has 0 amide bonds. The normalized spacial score (nSPS) is 12.0. The molecule has 4 nitrogen and oxygen atoms in total. The number of para-hydroxylation sites is 1. The molecule has 4 heteroatoms. The highest BCUT2D eigenvalue weighted by atomic mass is 16.5. The Labute approximate surface area is 124 Å². The van der Waals surface area contributed by atoms with Gasteiger partial charge in [0.25, 0.3) is 0 Å². The van der Waals surface area contributed by atoms with Crippen LogP contribution < -0.4 is 4.74 Å². The zero-order chi connectivity index (χ0) is 15.4. The Kier molecular flexibility index (Phi) is 4.58. The van der Waals surface area contributed by atoms with E-state index in [1.807, 2.05) is 24.3 Å². The van der Waals surface area contributed by atoms with Crippen molar-refractivity contribution in [3.8, 4) is 11.6 Å². The van der Waals surface area contributed by atoms with Crippen LogP contribution >= 0.6 is 0 Å². The quantitative estimate of drug-likeness (QED) is 0.884. The Morgan fingerprint density at radius 3 is 2.71 bits per heavy atom. The van der Waals surface area contributed by atoms with E-state index in [1.54, 1.807) is 19.2 Å². The molecule has 0 aliphatic rings. The number of aromatic nitrogens is 1. The number of carboxylic acid groups (broad SMARTS) is 1. The predicted octanol–water partition coefficient (Wildman–Crippen LogP) is 4.39. The van der Waals surface area contributed by atoms with E-state index in [-0.39, 0.29) is 11.4 Å². The highest BCUT2D eigenvalue weighted by molar-refractivity contribution is 5.91. The summed E-state index contributed by atoms with van der Waals surface area (Å²) in [6, 6.07) is 9.33. The predicted molar refractivity (Wildman–Crippen MR) is 81.2 cm³/mol. The van der Waals surface area contributed by atoms with Crippen molar-refractivity contribution in [2.24, 2.45) is 0 Å². The lowest BCUT2D eigenvalue weighted by molar-refractivity contribution is 0.0692. The summed E-state index contributed by atoms with van der Waals surface area (Å²) in [4.78, 5) is 15.5. The van der Waals surface area contributed by atoms with Gasteiger partial charge in [-0.3, -0.25) is 0 Å². The van der Waals surface area contributed by atoms with Crippen molar-refractivity contribution in [2.45, 2.75) is 33.1 Å². The molecule has 1 atom stereocenters. The largest absolute Gasteiger partial charge is 0.477 e. The van der Waals surface area contributed by atoms with Gasteiger partial charge in [-0.15, -0.1) is 0 Å². The fraction of sp³-hybridized carbons (Fsp3) is 0.294. The van der Waals surface area contributed by atoms with Crippen LogP contribution in [0.1, 0.15) is 47.7 Å². The first-order chi connectivity index (χ1) is 10.0. The molecule has 1 heterocycles. The summed E-state index contributed by atoms with van der Waals surface area (Å²) >= 11 is 0. The van der Waals surface area contributed by atoms with E-state index in [0.29, 0.717) is 17.2 Å². The van der Waals surface area contributed by atoms with Crippen LogP contribution in [-0.4, -0.2) is 16.1 Å². The molecule has 0 aliphatic heterocycles. The lowest BCUT2D eigenvalue weighted by atomic mass is 9.98. The molecule has 0 aliphatic carbocycles. The van der Waals surface area contributed by atoms with Crippen LogP contribution in [0.25, 0.3) is 0 Å². The summed E-state index contributed by atoms with van der Waals surface area (Å²) in [5, 5.41) is 9.33. The van der Waals surface area contributed by atoms with Crippen LogP contribution in [0.4, 0.5) is 0 Å². The molecule has 0 radical (unpaired) electrons. The van der Waals surface area contributed by atoms with Gasteiger partial charge in [0.05, 0.1) is 0 Å². The molecule has 0 saturated carbocycles. The number of benzene rings is 1. The molecule has 2 rings (SSSR count). The molecular formula is C17H19NO3. The molecule has 1 N–H and O–H groups in total. The van der Waals surface area contributed by atoms with E-state index >= 15 is 0 Å². The van der Waals surface area contributed by atoms with Gasteiger partial charge in [-0.25, -0.2) is 9.78 Å². The SMILES string of the molecule is CCC(C)c1ccccc1Oc1nccc(C)c1C(=O)O. The van der Waals surface area contributed by atoms with Gasteiger partial charge in [0, 0.05) is 6.20 Å². The monoisotopic (exact) mass is 285 g/mol. The van der Waals surface area contributed by atoms with Crippen molar-refractivity contribution < 1.29 is 14.6 Å². The zero-order valence-electron chi connectivity index (χ0n) is 12.5. The average molecular weight is 285 g/mol. The Balaban J connectivity index is 2.44. The van der Waals surface area contributed by atoms with E-state index in [0.717, 1.165) is 12.0 Å². The average Bonchev–Trinajstić information content (AvgIpc) is 2.46. The van der Waals surface area contributed by atoms with Crippen LogP contribution in [-0.2, 0) is 0 Å². The van der Waals surface area contributed by atoms with Crippen LogP contribution in [0.2, 0.25) is 0 Å². The first-order valence-electron chi connectivity index (χ1n) is 7.00. The van der Waals surface area contributed by atoms with Gasteiger partial charge in [0.2, 0.25) is 5.88 Å². The fourth-order valence-corrected chi connectivity index (χ4v) is 2.18. The first kappa shape index (κ1) is 15.0. The molecule has 0 spiro atoms. The summed E-state index contributed by atoms with van der Waals surface area (Å²) < 4.78 is 5.81. The molecule has 1 aromatic carbocycles. The summed E-state index contributed by atoms with van der Waals surface area (Å²) in [6.07, 6.45) is 2.54. The zero-order valence-corrected chi connectivity index (χ0v) is 12.5. The maximum absolute atomic E-state index is 11.4. The molecule has 0 saturated heterocycles. The van der Waals surface area contributed by atoms with E-state index in [2.05, 4.69) is 18.8 Å². The molecule has 1 aromatic heterocycles. The number of pyridine rings is 1. The van der Waals surface area contributed by atoms with Gasteiger partial charge < -0.3 is 9.84 Å². The molecule has 110 valence electrons. The number of aromatic carboxylic acids is 1. The van der Waals surface area contributed by atoms with Crippen LogP contribution in [0.3, 0.4) is 0 Å². The van der Waals surface area contributed by atoms with Crippen molar-refractivity contribution in [3.63, 3.8) is 0 Å². The van der Waals surface area contributed by atoms with Gasteiger partial charge in [-0.1, -0.05) is 32.0 Å². The second-order valence-electron chi connectivity index (χ2n) is 5.06. The van der Waals surface area contributed by atoms with Crippen molar-refractivity contribution in [1.29, 1.82) is 0 Å². The lowest BCUT2D eigenvalue weighted by Crippen LogP contribution is -2.05. The van der Waals surface area contributed by atoms with E-state index < -0.39 is 5.97 Å². The highest BCUT2D eigenvalue weighted by Gasteiger charge is 2.18. The number of carboxylic acids is 1. The molecular weight excluding hydrogens is 266 g/mol. The number of hydrogen-bond acceptors (Lipinski definition) is 3. The first-order valence-corrected chi connectivity index (χ1v) is 7.00. The van der Waals surface area contributed by atoms with E-state index in [4.69, 9.17) is 4.74 Å². The second-order valence-corrected chi connectivity index (χ2v) is 5.06. The summed E-state index contributed by atoms with van der Waals surface area (Å²) in [5.74, 6) is 0.0987. The third-order valence-corrected chi connectivity index (χ3v) is 3.61. The third kappa shape index (κ3) is 3.21. The topological polar surface area (TPSA) is 59.4 Å². The standard InChI is InChI=1S/C17H19NO3/c1-4-11(2)13-7-5-6-8-14(13)21-16-15(17(19)20)12(3)9-10-18-16/h5-11H,4H2,1-3H3,(H,19,20). The number of carbonyl (C=O) groups is 1. The lowest BCUT2D eigenvalue weighted by Gasteiger charge is -2.16. The molecule has 0 bridgehead atoms. The molecule has 1 unspecified atom stereocenters. The number of nitrogens with zero attached hydrogens (tertiary/aromatic N) is 1. The maximum Gasteiger partial charge on any atom is 0.341 e. The Bertz CT molecular complexity index is 652. The number of hydrogen-bond donors (Lipinski definition) is 1. The van der Waals surface area contributed by atoms with Crippen molar-refractivity contribution in [3.05, 3.63) is 53.2 Å². The van der Waals surface area contributed by atoms with Gasteiger partial charge in [-0.05, 0) is 42.5 Å². The van der Waals surface area contributed by atoms with Gasteiger partial charge in [-0.2, -0.15) is 0 Å². The number of rotatable bonds is 5. The highest BCUT2D eigenvalue weighted by Crippen LogP contribution is 2.33. The van der Waals surface area contributed by atoms with Gasteiger partial charge >= 0.3 is 5.97 Å². The molecule has 21 heavy (non-hydrogen) atoms. The van der Waals surface area contributed by atoms with Crippen LogP contribution in [0.5, 0.6) is 11.6 Å². The molecule has 2 aromatic rings. The minimum absolute atomic E-state index is 0.108. The maximum atomic E-state index is 11.4. The summed E-state index contributed by atoms with van der Waals surface area (Å²) in [6.45, 7) is 5.96. The van der Waals surface area contributed by atoms with Crippen LogP contribution in [0, 0.1) is 6.92 Å². The minimum Gasteiger partial charge on any atom is -0.477 e. The van der Waals surface area contributed by atoms with E-state index in [1.165, 1.54) is 0 Å². The Morgan fingerprint density at radius 1 is 1.33 bits per heavy atom. The minimum atomic E-state index is -1.03. The second kappa shape index (κ2) is 6.39. The Hall–Kier alpha value is -2.36. The summed E-state index contributed by atoms with van der Waals surface area (Å²) in [7, 11) is 0. The smallest absolute Gasteiger partial charge is 0.341 e. The van der Waals surface area contributed by atoms with Gasteiger partial charge in [0.1, 0.15) is 11.3 Å². The molecule has 0 fully saturated rings. The number of ether oxygens (including phenoxy) is 1. The Morgan fingerprint density at radius 2 is 2.05 bits per heavy atom. The number of aryl methyl sites for hydroxylation is 1. The van der Waals surface area contributed by atoms with Gasteiger partial charge in [0.15, 0.2) is 0 Å².